The van der Waals surface area contributed by atoms with Crippen molar-refractivity contribution in [1.82, 2.24) is 0 Å². The minimum Gasteiger partial charge on any atom is -0.748 e. The third kappa shape index (κ3) is 12.1. The Balaban J connectivity index is 0.000000571. The molecule has 2 bridgehead atoms. The summed E-state index contributed by atoms with van der Waals surface area (Å²) in [6.07, 6.45) is 8.26. The van der Waals surface area contributed by atoms with E-state index in [2.05, 4.69) is 13.8 Å². The fourth-order valence-electron chi connectivity index (χ4n) is 4.18. The lowest BCUT2D eigenvalue weighted by molar-refractivity contribution is -0.858. The monoisotopic (exact) mass is 521 g/mol. The first-order chi connectivity index (χ1) is 15.8. The van der Waals surface area contributed by atoms with Gasteiger partial charge < -0.3 is 18.9 Å². The van der Waals surface area contributed by atoms with E-state index in [9.17, 15) is 9.59 Å². The highest BCUT2D eigenvalue weighted by atomic mass is 32.2. The van der Waals surface area contributed by atoms with Crippen LogP contribution in [0.25, 0.3) is 0 Å². The van der Waals surface area contributed by atoms with Crippen molar-refractivity contribution in [2.75, 3.05) is 33.5 Å². The smallest absolute Gasteiger partial charge is 0.312 e. The summed E-state index contributed by atoms with van der Waals surface area (Å²) in [5, 5.41) is 0. The molecular weight excluding hydrogens is 470 g/mol. The Labute approximate surface area is 214 Å². The molecule has 2 saturated carbocycles. The van der Waals surface area contributed by atoms with E-state index >= 15 is 0 Å². The molecule has 0 radical (unpaired) electrons. The van der Waals surface area contributed by atoms with E-state index in [0.717, 1.165) is 38.1 Å². The van der Waals surface area contributed by atoms with E-state index in [0.29, 0.717) is 18.8 Å². The zero-order valence-corrected chi connectivity index (χ0v) is 24.6. The second kappa shape index (κ2) is 13.9. The summed E-state index contributed by atoms with van der Waals surface area (Å²) in [7, 11) is 0.164. The Kier molecular flexibility index (Phi) is 13.5. The minimum atomic E-state index is -3.92. The molecule has 2 aliphatic carbocycles. The fourth-order valence-corrected chi connectivity index (χ4v) is 4.18. The third-order valence-corrected chi connectivity index (χ3v) is 7.52. The maximum Gasteiger partial charge on any atom is 0.312 e. The number of quaternary nitrogens is 1. The van der Waals surface area contributed by atoms with Crippen LogP contribution in [0.15, 0.2) is 0 Å². The highest BCUT2D eigenvalue weighted by molar-refractivity contribution is 7.84. The summed E-state index contributed by atoms with van der Waals surface area (Å²) in [6, 6.07) is 0. The summed E-state index contributed by atoms with van der Waals surface area (Å²) < 4.78 is 38.4. The van der Waals surface area contributed by atoms with Crippen molar-refractivity contribution in [2.45, 2.75) is 99.0 Å². The number of fused-ring (bicyclic) bond motifs is 2. The van der Waals surface area contributed by atoms with E-state index in [1.807, 2.05) is 48.7 Å². The van der Waals surface area contributed by atoms with Crippen LogP contribution in [-0.2, 0) is 29.2 Å². The molecule has 8 nitrogen and oxygen atoms in total. The van der Waals surface area contributed by atoms with E-state index in [1.54, 1.807) is 0 Å². The van der Waals surface area contributed by atoms with Gasteiger partial charge in [0.05, 0.1) is 35.0 Å². The first-order valence-corrected chi connectivity index (χ1v) is 14.8. The molecule has 3 atom stereocenters. The molecule has 2 rings (SSSR count). The van der Waals surface area contributed by atoms with Crippen LogP contribution in [0.3, 0.4) is 0 Å². The fraction of sp³-hybridized carbons (Fsp3) is 0.923. The predicted molar refractivity (Wildman–Crippen MR) is 137 cm³/mol. The SMILES string of the molecule is CCC(C)(C)C(=O)OC1(CC)CC2CCC1C2.CCC(C)(C)C(=O)OCC[NH+](C)C.CS(=O)(=O)[O-]. The summed E-state index contributed by atoms with van der Waals surface area (Å²) in [6.45, 7) is 15.4. The highest BCUT2D eigenvalue weighted by Crippen LogP contribution is 2.54. The maximum atomic E-state index is 12.3. The number of carbonyl (C=O) groups is 2. The van der Waals surface area contributed by atoms with Crippen molar-refractivity contribution in [3.63, 3.8) is 0 Å². The van der Waals surface area contributed by atoms with E-state index in [-0.39, 0.29) is 28.4 Å². The molecule has 0 aromatic rings. The van der Waals surface area contributed by atoms with Gasteiger partial charge in [-0.3, -0.25) is 9.59 Å². The molecule has 35 heavy (non-hydrogen) atoms. The van der Waals surface area contributed by atoms with Gasteiger partial charge >= 0.3 is 11.9 Å². The number of hydrogen-bond donors (Lipinski definition) is 1. The zero-order valence-electron chi connectivity index (χ0n) is 23.8. The number of likely N-dealkylation sites (N-methyl/N-ethyl adjacent to an activating group) is 1. The molecule has 9 heteroatoms. The van der Waals surface area contributed by atoms with Gasteiger partial charge in [-0.25, -0.2) is 8.42 Å². The van der Waals surface area contributed by atoms with Crippen molar-refractivity contribution < 1.29 is 36.9 Å². The van der Waals surface area contributed by atoms with Gasteiger partial charge in [-0.05, 0) is 84.5 Å². The van der Waals surface area contributed by atoms with Gasteiger partial charge in [-0.2, -0.15) is 0 Å². The number of carbonyl (C=O) groups excluding carboxylic acids is 2. The second-order valence-corrected chi connectivity index (χ2v) is 13.1. The molecule has 0 aromatic heterocycles. The Bertz CT molecular complexity index is 769. The van der Waals surface area contributed by atoms with Crippen molar-refractivity contribution in [2.24, 2.45) is 22.7 Å². The number of nitrogens with one attached hydrogen (secondary N) is 1. The van der Waals surface area contributed by atoms with Crippen LogP contribution in [0.2, 0.25) is 0 Å². The molecular formula is C26H51NO7S. The number of ether oxygens (including phenoxy) is 2. The minimum absolute atomic E-state index is 0.00870. The first kappa shape index (κ1) is 33.8. The average Bonchev–Trinajstić information content (AvgIpc) is 3.34. The van der Waals surface area contributed by atoms with Crippen LogP contribution >= 0.6 is 0 Å². The molecule has 0 aliphatic heterocycles. The highest BCUT2D eigenvalue weighted by Gasteiger charge is 2.53. The van der Waals surface area contributed by atoms with Crippen LogP contribution in [0.5, 0.6) is 0 Å². The first-order valence-electron chi connectivity index (χ1n) is 12.9. The number of esters is 2. The lowest BCUT2D eigenvalue weighted by Crippen LogP contribution is -3.06. The topological polar surface area (TPSA) is 114 Å². The normalized spacial score (nSPS) is 23.7. The summed E-state index contributed by atoms with van der Waals surface area (Å²) >= 11 is 0. The third-order valence-electron chi connectivity index (χ3n) is 7.52. The predicted octanol–water partition coefficient (Wildman–Crippen LogP) is 3.21. The van der Waals surface area contributed by atoms with Crippen LogP contribution in [-0.4, -0.2) is 64.0 Å². The lowest BCUT2D eigenvalue weighted by atomic mass is 9.81. The summed E-state index contributed by atoms with van der Waals surface area (Å²) in [5.74, 6) is 1.37. The Morgan fingerprint density at radius 2 is 1.49 bits per heavy atom. The molecule has 0 heterocycles. The molecule has 0 saturated heterocycles. The van der Waals surface area contributed by atoms with Gasteiger partial charge in [-0.15, -0.1) is 0 Å². The molecule has 0 amide bonds. The van der Waals surface area contributed by atoms with E-state index in [4.69, 9.17) is 22.4 Å². The molecule has 2 aliphatic rings. The number of hydrogen-bond acceptors (Lipinski definition) is 7. The van der Waals surface area contributed by atoms with Gasteiger partial charge in [0, 0.05) is 6.26 Å². The number of rotatable bonds is 9. The molecule has 3 unspecified atom stereocenters. The Hall–Kier alpha value is -1.19. The van der Waals surface area contributed by atoms with Crippen molar-refractivity contribution in [3.8, 4) is 0 Å². The molecule has 2 fully saturated rings. The zero-order chi connectivity index (χ0) is 27.7. The molecule has 0 aromatic carbocycles. The van der Waals surface area contributed by atoms with Crippen molar-refractivity contribution in [1.29, 1.82) is 0 Å². The second-order valence-electron chi connectivity index (χ2n) is 11.7. The lowest BCUT2D eigenvalue weighted by Gasteiger charge is -2.38. The van der Waals surface area contributed by atoms with Crippen molar-refractivity contribution >= 4 is 22.1 Å². The molecule has 1 N–H and O–H groups in total. The summed E-state index contributed by atoms with van der Waals surface area (Å²) in [5.41, 5.74) is -0.780. The Morgan fingerprint density at radius 1 is 1.00 bits per heavy atom. The van der Waals surface area contributed by atoms with E-state index in [1.165, 1.54) is 24.2 Å². The van der Waals surface area contributed by atoms with Crippen LogP contribution in [0.1, 0.15) is 93.4 Å². The van der Waals surface area contributed by atoms with Crippen molar-refractivity contribution in [3.05, 3.63) is 0 Å². The molecule has 0 spiro atoms. The van der Waals surface area contributed by atoms with Gasteiger partial charge in [0.2, 0.25) is 0 Å². The van der Waals surface area contributed by atoms with Crippen LogP contribution in [0.4, 0.5) is 0 Å². The van der Waals surface area contributed by atoms with Crippen LogP contribution in [0, 0.1) is 22.7 Å². The molecule has 208 valence electrons. The quantitative estimate of drug-likeness (QED) is 0.366. The van der Waals surface area contributed by atoms with E-state index < -0.39 is 10.1 Å². The average molecular weight is 522 g/mol. The van der Waals surface area contributed by atoms with Gasteiger partial charge in [-0.1, -0.05) is 20.8 Å². The summed E-state index contributed by atoms with van der Waals surface area (Å²) in [4.78, 5) is 25.0. The van der Waals surface area contributed by atoms with Gasteiger partial charge in [0.1, 0.15) is 18.8 Å². The maximum absolute atomic E-state index is 12.3. The standard InChI is InChI=1S/C15H26O2.C10H21NO2.CH4O3S/c1-5-14(3,4)13(16)17-15(6-2)10-11-7-8-12(15)9-11;1-6-10(2,3)9(12)13-8-7-11(4)5;1-5(2,3)4/h11-12H,5-10H2,1-4H3;6-8H2,1-5H3;1H3,(H,2,3,4). The Morgan fingerprint density at radius 3 is 1.83 bits per heavy atom. The van der Waals surface area contributed by atoms with Gasteiger partial charge in [0.25, 0.3) is 0 Å². The van der Waals surface area contributed by atoms with Gasteiger partial charge in [0.15, 0.2) is 0 Å². The van der Waals surface area contributed by atoms with Crippen LogP contribution < -0.4 is 4.90 Å². The largest absolute Gasteiger partial charge is 0.748 e.